The molecule has 6 N–H and O–H groups in total. The predicted molar refractivity (Wildman–Crippen MR) is 285 cm³/mol. The van der Waals surface area contributed by atoms with Gasteiger partial charge in [0.2, 0.25) is 0 Å². The molecule has 1 aliphatic carbocycles. The summed E-state index contributed by atoms with van der Waals surface area (Å²) in [5.41, 5.74) is 0. The van der Waals surface area contributed by atoms with Crippen LogP contribution in [0.1, 0.15) is 219 Å². The first kappa shape index (κ1) is 65.8. The molecule has 0 aromatic rings. The normalized spacial score (nSPS) is 21.4. The number of phosphoric acid groups is 1. The lowest BCUT2D eigenvalue weighted by atomic mass is 9.85. The average Bonchev–Trinajstić information content (AvgIpc) is 3.35. The van der Waals surface area contributed by atoms with Gasteiger partial charge in [-0.1, -0.05) is 202 Å². The number of allylic oxidation sites excluding steroid dienone is 12. The second-order valence-electron chi connectivity index (χ2n) is 19.0. The number of esters is 1. The van der Waals surface area contributed by atoms with E-state index in [4.69, 9.17) is 18.5 Å². The first-order chi connectivity index (χ1) is 34.0. The molecule has 0 saturated heterocycles. The van der Waals surface area contributed by atoms with Crippen LogP contribution in [0.25, 0.3) is 0 Å². The summed E-state index contributed by atoms with van der Waals surface area (Å²) in [5, 5.41) is 50.4. The second kappa shape index (κ2) is 46.6. The zero-order chi connectivity index (χ0) is 51.2. The van der Waals surface area contributed by atoms with E-state index in [0.717, 1.165) is 83.5 Å². The first-order valence-corrected chi connectivity index (χ1v) is 29.3. The molecule has 0 amide bonds. The highest BCUT2D eigenvalue weighted by molar-refractivity contribution is 7.47. The van der Waals surface area contributed by atoms with Crippen molar-refractivity contribution < 1.29 is 58.3 Å². The fourth-order valence-corrected chi connectivity index (χ4v) is 9.17. The van der Waals surface area contributed by atoms with Gasteiger partial charge in [0, 0.05) is 13.0 Å². The van der Waals surface area contributed by atoms with Crippen molar-refractivity contribution in [1.82, 2.24) is 0 Å². The Hall–Kier alpha value is -2.22. The minimum atomic E-state index is -5.03. The summed E-state index contributed by atoms with van der Waals surface area (Å²) >= 11 is 0. The minimum Gasteiger partial charge on any atom is -0.457 e. The van der Waals surface area contributed by atoms with Gasteiger partial charge in [-0.15, -0.1) is 0 Å². The maximum Gasteiger partial charge on any atom is 0.472 e. The lowest BCUT2D eigenvalue weighted by molar-refractivity contribution is -0.220. The summed E-state index contributed by atoms with van der Waals surface area (Å²) in [6.45, 7) is 4.13. The molecule has 12 nitrogen and oxygen atoms in total. The van der Waals surface area contributed by atoms with Crippen LogP contribution >= 0.6 is 7.82 Å². The monoisotopic (exact) mass is 1010 g/mol. The molecular weight excluding hydrogens is 908 g/mol. The third kappa shape index (κ3) is 37.5. The number of carbonyl (C=O) groups is 1. The zero-order valence-corrected chi connectivity index (χ0v) is 44.7. The first-order valence-electron chi connectivity index (χ1n) is 27.8. The fraction of sp³-hybridized carbons (Fsp3) is 0.772. The molecule has 0 spiro atoms. The summed E-state index contributed by atoms with van der Waals surface area (Å²) in [5.74, 6) is -0.483. The average molecular weight is 1010 g/mol. The Labute approximate surface area is 425 Å². The third-order valence-electron chi connectivity index (χ3n) is 12.6. The molecule has 0 radical (unpaired) electrons. The van der Waals surface area contributed by atoms with Crippen molar-refractivity contribution in [2.24, 2.45) is 0 Å². The molecule has 1 aliphatic rings. The van der Waals surface area contributed by atoms with Crippen LogP contribution in [-0.2, 0) is 27.9 Å². The van der Waals surface area contributed by atoms with Gasteiger partial charge in [-0.2, -0.15) is 0 Å². The van der Waals surface area contributed by atoms with Crippen molar-refractivity contribution in [1.29, 1.82) is 0 Å². The van der Waals surface area contributed by atoms with Gasteiger partial charge in [0.05, 0.1) is 13.2 Å². The molecule has 70 heavy (non-hydrogen) atoms. The van der Waals surface area contributed by atoms with E-state index >= 15 is 0 Å². The molecule has 0 aromatic heterocycles. The highest BCUT2D eigenvalue weighted by Crippen LogP contribution is 2.47. The number of ether oxygens (including phenoxy) is 2. The van der Waals surface area contributed by atoms with Crippen molar-refractivity contribution in [2.75, 3.05) is 19.8 Å². The Balaban J connectivity index is 2.31. The van der Waals surface area contributed by atoms with Crippen LogP contribution in [0.15, 0.2) is 72.9 Å². The van der Waals surface area contributed by atoms with Gasteiger partial charge >= 0.3 is 13.8 Å². The van der Waals surface area contributed by atoms with Crippen LogP contribution in [0.3, 0.4) is 0 Å². The highest BCUT2D eigenvalue weighted by Gasteiger charge is 2.51. The van der Waals surface area contributed by atoms with Crippen LogP contribution in [0.2, 0.25) is 0 Å². The molecule has 0 heterocycles. The summed E-state index contributed by atoms with van der Waals surface area (Å²) < 4.78 is 34.4. The van der Waals surface area contributed by atoms with Crippen molar-refractivity contribution in [3.8, 4) is 0 Å². The summed E-state index contributed by atoms with van der Waals surface area (Å²) in [6.07, 6.45) is 49.6. The van der Waals surface area contributed by atoms with E-state index in [9.17, 15) is 39.8 Å². The van der Waals surface area contributed by atoms with Gasteiger partial charge in [-0.3, -0.25) is 13.8 Å². The standard InChI is InChI=1S/C57H101O12P/c1-3-5-7-9-11-13-15-17-19-21-23-25-26-27-28-30-32-34-36-38-40-42-44-46-51(58)68-50(49-67-70(64,65)69-57-55(62)53(60)52(59)54(61)56(57)63)48-66-47-45-43-41-39-37-35-33-31-29-24-22-20-18-16-14-12-10-8-6-4-2/h5,7,11-14,17-20,23,25,50,52-57,59-63H,3-4,6,8-10,15-16,21-22,24,26-49H2,1-2H3,(H,64,65)/b7-5-,13-11-,14-12-,19-17-,20-18-,25-23-. The van der Waals surface area contributed by atoms with E-state index in [-0.39, 0.29) is 13.0 Å². The molecule has 6 unspecified atom stereocenters. The SMILES string of the molecule is CC/C=C\C/C=C\C/C=C\C/C=C\CCCCCCCCCCCCC(=O)OC(COCCCCCCCCCCCC/C=C\C/C=C\CCCCC)COP(=O)(O)OC1C(O)C(O)C(O)C(O)C1O. The Morgan fingerprint density at radius 2 is 0.843 bits per heavy atom. The summed E-state index contributed by atoms with van der Waals surface area (Å²) in [6, 6.07) is 0. The Bertz CT molecular complexity index is 1430. The van der Waals surface area contributed by atoms with Crippen LogP contribution < -0.4 is 0 Å². The summed E-state index contributed by atoms with van der Waals surface area (Å²) in [7, 11) is -5.03. The fourth-order valence-electron chi connectivity index (χ4n) is 8.20. The van der Waals surface area contributed by atoms with Gasteiger partial charge in [-0.05, 0) is 83.5 Å². The third-order valence-corrected chi connectivity index (χ3v) is 13.5. The number of carbonyl (C=O) groups excluding carboxylic acids is 1. The molecule has 0 aromatic carbocycles. The smallest absolute Gasteiger partial charge is 0.457 e. The maximum absolute atomic E-state index is 12.9. The Morgan fingerprint density at radius 3 is 1.29 bits per heavy atom. The minimum absolute atomic E-state index is 0.0829. The highest BCUT2D eigenvalue weighted by atomic mass is 31.2. The largest absolute Gasteiger partial charge is 0.472 e. The topological polar surface area (TPSA) is 192 Å². The van der Waals surface area contributed by atoms with E-state index in [1.165, 1.54) is 109 Å². The van der Waals surface area contributed by atoms with E-state index < -0.39 is 63.1 Å². The van der Waals surface area contributed by atoms with Gasteiger partial charge in [-0.25, -0.2) is 4.57 Å². The molecule has 13 heteroatoms. The molecule has 1 rings (SSSR count). The van der Waals surface area contributed by atoms with Gasteiger partial charge in [0.25, 0.3) is 0 Å². The zero-order valence-electron chi connectivity index (χ0n) is 43.8. The van der Waals surface area contributed by atoms with Crippen LogP contribution in [0.5, 0.6) is 0 Å². The van der Waals surface area contributed by atoms with Crippen molar-refractivity contribution in [3.63, 3.8) is 0 Å². The van der Waals surface area contributed by atoms with Gasteiger partial charge < -0.3 is 39.9 Å². The van der Waals surface area contributed by atoms with E-state index in [1.54, 1.807) is 0 Å². The van der Waals surface area contributed by atoms with Gasteiger partial charge in [0.1, 0.15) is 42.7 Å². The van der Waals surface area contributed by atoms with Gasteiger partial charge in [0.15, 0.2) is 0 Å². The van der Waals surface area contributed by atoms with Crippen molar-refractivity contribution in [3.05, 3.63) is 72.9 Å². The molecule has 1 fully saturated rings. The maximum atomic E-state index is 12.9. The quantitative estimate of drug-likeness (QED) is 0.0147. The Morgan fingerprint density at radius 1 is 0.471 bits per heavy atom. The number of hydrogen-bond acceptors (Lipinski definition) is 11. The molecule has 0 aliphatic heterocycles. The van der Waals surface area contributed by atoms with E-state index in [0.29, 0.717) is 13.0 Å². The van der Waals surface area contributed by atoms with Crippen LogP contribution in [0, 0.1) is 0 Å². The number of unbranched alkanes of at least 4 members (excludes halogenated alkanes) is 23. The number of aliphatic hydroxyl groups is 5. The van der Waals surface area contributed by atoms with E-state index in [2.05, 4.69) is 86.8 Å². The number of hydrogen-bond donors (Lipinski definition) is 6. The summed E-state index contributed by atoms with van der Waals surface area (Å²) in [4.78, 5) is 23.3. The lowest BCUT2D eigenvalue weighted by Crippen LogP contribution is -2.64. The lowest BCUT2D eigenvalue weighted by Gasteiger charge is -2.41. The van der Waals surface area contributed by atoms with Crippen molar-refractivity contribution >= 4 is 13.8 Å². The van der Waals surface area contributed by atoms with E-state index in [1.807, 2.05) is 0 Å². The molecule has 1 saturated carbocycles. The van der Waals surface area contributed by atoms with Crippen LogP contribution in [0.4, 0.5) is 0 Å². The number of rotatable bonds is 47. The molecule has 0 bridgehead atoms. The number of aliphatic hydroxyl groups excluding tert-OH is 5. The molecule has 406 valence electrons. The molecule has 6 atom stereocenters. The number of phosphoric ester groups is 1. The molecular formula is C57H101O12P. The predicted octanol–water partition coefficient (Wildman–Crippen LogP) is 13.1. The Kier molecular flexibility index (Phi) is 43.8. The van der Waals surface area contributed by atoms with Crippen LogP contribution in [-0.4, -0.2) is 98.9 Å². The van der Waals surface area contributed by atoms with Crippen molar-refractivity contribution in [2.45, 2.75) is 262 Å². The second-order valence-corrected chi connectivity index (χ2v) is 20.5.